The topological polar surface area (TPSA) is 118 Å². The fraction of sp³-hybridized carbons (Fsp3) is 0.148. The van der Waals surface area contributed by atoms with Gasteiger partial charge in [-0.3, -0.25) is 0 Å². The van der Waals surface area contributed by atoms with Crippen LogP contribution in [0.25, 0.3) is 21.9 Å². The number of oxazole rings is 1. The van der Waals surface area contributed by atoms with Crippen LogP contribution in [0.5, 0.6) is 0 Å². The van der Waals surface area contributed by atoms with Crippen LogP contribution >= 0.6 is 0 Å². The molecule has 1 aromatic heterocycles. The van der Waals surface area contributed by atoms with Gasteiger partial charge in [0, 0.05) is 23.9 Å². The molecule has 5 rings (SSSR count). The van der Waals surface area contributed by atoms with Gasteiger partial charge in [0.15, 0.2) is 5.58 Å². The van der Waals surface area contributed by atoms with Crippen LogP contribution in [-0.2, 0) is 19.9 Å². The molecule has 4 aromatic carbocycles. The molecule has 0 radical (unpaired) electrons. The van der Waals surface area contributed by atoms with Crippen molar-refractivity contribution >= 4 is 41.7 Å². The molecule has 2 atom stereocenters. The Balaban J connectivity index is 1.64. The summed E-state index contributed by atoms with van der Waals surface area (Å²) < 4.78 is 60.7. The quantitative estimate of drug-likeness (QED) is 0.324. The van der Waals surface area contributed by atoms with Crippen molar-refractivity contribution in [3.63, 3.8) is 0 Å². The normalized spacial score (nSPS) is 14.3. The number of aliphatic hydroxyl groups is 1. The minimum absolute atomic E-state index is 0.0159. The summed E-state index contributed by atoms with van der Waals surface area (Å²) in [7, 11) is -6.81. The van der Waals surface area contributed by atoms with E-state index in [1.54, 1.807) is 73.7 Å². The van der Waals surface area contributed by atoms with Gasteiger partial charge in [-0.05, 0) is 24.6 Å². The van der Waals surface area contributed by atoms with E-state index >= 15 is 0 Å². The third-order valence-corrected chi connectivity index (χ3v) is 9.97. The lowest BCUT2D eigenvalue weighted by molar-refractivity contribution is 0.108. The van der Waals surface area contributed by atoms with Crippen LogP contribution in [0.4, 0.5) is 0 Å². The van der Waals surface area contributed by atoms with Crippen LogP contribution in [0.2, 0.25) is 0 Å². The second-order valence-corrected chi connectivity index (χ2v) is 12.5. The summed E-state index contributed by atoms with van der Waals surface area (Å²) >= 11 is 0. The van der Waals surface area contributed by atoms with Gasteiger partial charge < -0.3 is 9.52 Å². The highest BCUT2D eigenvalue weighted by Crippen LogP contribution is 2.36. The van der Waals surface area contributed by atoms with Crippen molar-refractivity contribution < 1.29 is 26.4 Å². The Labute approximate surface area is 214 Å². The molecule has 5 aromatic rings. The summed E-state index contributed by atoms with van der Waals surface area (Å²) in [5.41, 5.74) is 0.851. The maximum atomic E-state index is 13.8. The van der Waals surface area contributed by atoms with Gasteiger partial charge in [-0.15, -0.1) is 0 Å². The van der Waals surface area contributed by atoms with E-state index in [1.165, 1.54) is 25.2 Å². The van der Waals surface area contributed by atoms with Gasteiger partial charge in [-0.2, -0.15) is 9.29 Å². The van der Waals surface area contributed by atoms with Gasteiger partial charge in [-0.25, -0.2) is 16.8 Å². The highest BCUT2D eigenvalue weighted by molar-refractivity contribution is 7.91. The molecule has 0 amide bonds. The summed E-state index contributed by atoms with van der Waals surface area (Å²) in [6.45, 7) is 1.62. The summed E-state index contributed by atoms with van der Waals surface area (Å²) in [4.78, 5) is 4.19. The number of hydrogen-bond acceptors (Lipinski definition) is 7. The number of hydrogen-bond donors (Lipinski definition) is 1. The molecule has 0 aliphatic heterocycles. The van der Waals surface area contributed by atoms with E-state index in [9.17, 15) is 21.9 Å². The molecule has 0 spiro atoms. The predicted octanol–water partition coefficient (Wildman–Crippen LogP) is 4.56. The fourth-order valence-corrected chi connectivity index (χ4v) is 6.94. The smallest absolute Gasteiger partial charge is 0.321 e. The predicted molar refractivity (Wildman–Crippen MR) is 139 cm³/mol. The number of aromatic nitrogens is 1. The molecular formula is C27H24N2O6S2. The lowest BCUT2D eigenvalue weighted by Crippen LogP contribution is -2.39. The average Bonchev–Trinajstić information content (AvgIpc) is 3.38. The summed E-state index contributed by atoms with van der Waals surface area (Å²) in [5, 5.41) is 11.1. The minimum atomic E-state index is -4.15. The molecule has 1 N–H and O–H groups in total. The second kappa shape index (κ2) is 9.38. The minimum Gasteiger partial charge on any atom is -0.428 e. The van der Waals surface area contributed by atoms with Gasteiger partial charge in [0.1, 0.15) is 5.52 Å². The summed E-state index contributed by atoms with van der Waals surface area (Å²) in [6.07, 6.45) is -1.07. The molecule has 0 aliphatic rings. The van der Waals surface area contributed by atoms with Crippen molar-refractivity contribution in [3.8, 4) is 0 Å². The Morgan fingerprint density at radius 3 is 2.05 bits per heavy atom. The maximum absolute atomic E-state index is 13.8. The first kappa shape index (κ1) is 25.1. The second-order valence-electron chi connectivity index (χ2n) is 8.68. The third kappa shape index (κ3) is 4.31. The molecular weight excluding hydrogens is 512 g/mol. The Bertz CT molecular complexity index is 1800. The number of benzene rings is 4. The lowest BCUT2D eigenvalue weighted by Gasteiger charge is -2.29. The van der Waals surface area contributed by atoms with E-state index in [-0.39, 0.29) is 20.9 Å². The molecule has 37 heavy (non-hydrogen) atoms. The maximum Gasteiger partial charge on any atom is 0.321 e. The van der Waals surface area contributed by atoms with Crippen molar-refractivity contribution in [1.29, 1.82) is 0 Å². The summed E-state index contributed by atoms with van der Waals surface area (Å²) in [5.74, 6) is 0. The largest absolute Gasteiger partial charge is 0.428 e. The van der Waals surface area contributed by atoms with Crippen LogP contribution in [0.1, 0.15) is 18.6 Å². The average molecular weight is 537 g/mol. The van der Waals surface area contributed by atoms with E-state index in [0.717, 1.165) is 4.31 Å². The van der Waals surface area contributed by atoms with E-state index in [0.29, 0.717) is 16.3 Å². The molecule has 0 saturated heterocycles. The van der Waals surface area contributed by atoms with E-state index in [1.807, 2.05) is 6.07 Å². The number of nitrogens with zero attached hydrogens (tertiary/aromatic N) is 2. The zero-order chi connectivity index (χ0) is 26.4. The molecule has 8 nitrogen and oxygen atoms in total. The van der Waals surface area contributed by atoms with Crippen LogP contribution in [0, 0.1) is 0 Å². The van der Waals surface area contributed by atoms with Crippen molar-refractivity contribution in [2.75, 3.05) is 7.05 Å². The Morgan fingerprint density at radius 1 is 0.838 bits per heavy atom. The number of sulfonamides is 1. The van der Waals surface area contributed by atoms with Crippen LogP contribution in [0.15, 0.2) is 110 Å². The molecule has 1 heterocycles. The van der Waals surface area contributed by atoms with Gasteiger partial charge in [0.05, 0.1) is 21.9 Å². The molecule has 0 bridgehead atoms. The van der Waals surface area contributed by atoms with Crippen LogP contribution in [0.3, 0.4) is 0 Å². The van der Waals surface area contributed by atoms with E-state index < -0.39 is 37.2 Å². The van der Waals surface area contributed by atoms with Crippen molar-refractivity contribution in [2.45, 2.75) is 34.1 Å². The highest BCUT2D eigenvalue weighted by atomic mass is 32.2. The Morgan fingerprint density at radius 2 is 1.41 bits per heavy atom. The molecule has 190 valence electrons. The first-order valence-corrected chi connectivity index (χ1v) is 14.4. The number of sulfone groups is 1. The third-order valence-electron chi connectivity index (χ3n) is 6.46. The van der Waals surface area contributed by atoms with E-state index in [2.05, 4.69) is 4.98 Å². The Kier molecular flexibility index (Phi) is 6.36. The van der Waals surface area contributed by atoms with E-state index in [4.69, 9.17) is 4.42 Å². The SMILES string of the molecule is CC(C(O)c1ccccc1)N(C)S(=O)(=O)c1cc2oc(S(=O)(=O)c3ccccc3)nc2c2ccccc12. The van der Waals surface area contributed by atoms with Gasteiger partial charge in [0.25, 0.3) is 9.84 Å². The van der Waals surface area contributed by atoms with Gasteiger partial charge in [-0.1, -0.05) is 72.8 Å². The molecule has 10 heteroatoms. The molecule has 0 aliphatic carbocycles. The first-order chi connectivity index (χ1) is 17.6. The highest BCUT2D eigenvalue weighted by Gasteiger charge is 2.33. The Hall–Kier alpha value is -3.57. The lowest BCUT2D eigenvalue weighted by atomic mass is 10.0. The van der Waals surface area contributed by atoms with Crippen LogP contribution < -0.4 is 0 Å². The van der Waals surface area contributed by atoms with Crippen LogP contribution in [-0.4, -0.2) is 44.3 Å². The van der Waals surface area contributed by atoms with Crippen molar-refractivity contribution in [1.82, 2.24) is 9.29 Å². The summed E-state index contributed by atoms with van der Waals surface area (Å²) in [6, 6.07) is 23.8. The first-order valence-electron chi connectivity index (χ1n) is 11.5. The monoisotopic (exact) mass is 536 g/mol. The zero-order valence-corrected chi connectivity index (χ0v) is 21.6. The van der Waals surface area contributed by atoms with Gasteiger partial charge >= 0.3 is 5.22 Å². The molecule has 2 unspecified atom stereocenters. The molecule has 0 fully saturated rings. The molecule has 0 saturated carbocycles. The van der Waals surface area contributed by atoms with Gasteiger partial charge in [0.2, 0.25) is 10.0 Å². The number of fused-ring (bicyclic) bond motifs is 3. The zero-order valence-electron chi connectivity index (χ0n) is 20.0. The number of rotatable bonds is 7. The fourth-order valence-electron chi connectivity index (χ4n) is 4.23. The number of aliphatic hydroxyl groups excluding tert-OH is 1. The van der Waals surface area contributed by atoms with Crippen molar-refractivity contribution in [2.24, 2.45) is 0 Å². The number of likely N-dealkylation sites (N-methyl/N-ethyl adjacent to an activating group) is 1. The van der Waals surface area contributed by atoms with Crippen molar-refractivity contribution in [3.05, 3.63) is 96.6 Å². The standard InChI is InChI=1S/C27H24N2O6S2/c1-18(26(30)19-11-5-3-6-12-19)29(2)37(33,34)24-17-23-25(22-16-10-9-15-21(22)24)28-27(35-23)36(31,32)20-13-7-4-8-14-20/h3-18,26,30H,1-2H3.